The van der Waals surface area contributed by atoms with E-state index < -0.39 is 0 Å². The Morgan fingerprint density at radius 1 is 1.29 bits per heavy atom. The predicted octanol–water partition coefficient (Wildman–Crippen LogP) is 3.78. The van der Waals surface area contributed by atoms with Gasteiger partial charge in [0.05, 0.1) is 10.0 Å². The third-order valence-corrected chi connectivity index (χ3v) is 3.60. The van der Waals surface area contributed by atoms with Gasteiger partial charge in [-0.3, -0.25) is 0 Å². The van der Waals surface area contributed by atoms with Crippen LogP contribution in [0, 0.1) is 5.82 Å². The Bertz CT molecular complexity index is 513. The van der Waals surface area contributed by atoms with Crippen LogP contribution < -0.4 is 11.1 Å². The molecule has 0 unspecified atom stereocenters. The lowest BCUT2D eigenvalue weighted by atomic mass is 10.2. The summed E-state index contributed by atoms with van der Waals surface area (Å²) in [5.74, 6) is -0.325. The van der Waals surface area contributed by atoms with E-state index in [4.69, 9.17) is 17.3 Å². The lowest BCUT2D eigenvalue weighted by molar-refractivity contribution is 0.631. The molecule has 17 heavy (non-hydrogen) atoms. The zero-order valence-electron chi connectivity index (χ0n) is 9.04. The highest BCUT2D eigenvalue weighted by Gasteiger charge is 2.02. The normalized spacial score (nSPS) is 10.5. The molecule has 3 N–H and O–H groups in total. The maximum absolute atomic E-state index is 13.4. The number of rotatable bonds is 4. The standard InChI is InChI=1S/C12H12ClFN2S/c13-12-4-2-9(17-12)5-6-16-11-3-1-8(15)7-10(11)14/h1-4,7,16H,5-6,15H2. The third kappa shape index (κ3) is 3.35. The molecule has 0 aliphatic carbocycles. The first-order valence-electron chi connectivity index (χ1n) is 5.18. The van der Waals surface area contributed by atoms with Crippen molar-refractivity contribution in [3.05, 3.63) is 45.4 Å². The van der Waals surface area contributed by atoms with Crippen LogP contribution in [0.3, 0.4) is 0 Å². The van der Waals surface area contributed by atoms with Crippen LogP contribution in [0.15, 0.2) is 30.3 Å². The van der Waals surface area contributed by atoms with E-state index in [9.17, 15) is 4.39 Å². The molecule has 0 aliphatic heterocycles. The van der Waals surface area contributed by atoms with Gasteiger partial charge >= 0.3 is 0 Å². The van der Waals surface area contributed by atoms with Crippen molar-refractivity contribution >= 4 is 34.3 Å². The summed E-state index contributed by atoms with van der Waals surface area (Å²) in [5, 5.41) is 3.03. The second-order valence-corrected chi connectivity index (χ2v) is 5.42. The molecule has 0 fully saturated rings. The minimum atomic E-state index is -0.325. The van der Waals surface area contributed by atoms with E-state index in [0.29, 0.717) is 17.9 Å². The van der Waals surface area contributed by atoms with Gasteiger partial charge in [0.2, 0.25) is 0 Å². The molecule has 2 rings (SSSR count). The first-order chi connectivity index (χ1) is 8.15. The fourth-order valence-electron chi connectivity index (χ4n) is 1.48. The van der Waals surface area contributed by atoms with Gasteiger partial charge in [-0.05, 0) is 36.8 Å². The number of thiophene rings is 1. The molecule has 0 bridgehead atoms. The number of hydrogen-bond acceptors (Lipinski definition) is 3. The third-order valence-electron chi connectivity index (χ3n) is 2.31. The van der Waals surface area contributed by atoms with Crippen LogP contribution in [0.4, 0.5) is 15.8 Å². The smallest absolute Gasteiger partial charge is 0.148 e. The highest BCUT2D eigenvalue weighted by molar-refractivity contribution is 7.16. The first-order valence-corrected chi connectivity index (χ1v) is 6.38. The molecule has 1 aromatic carbocycles. The summed E-state index contributed by atoms with van der Waals surface area (Å²) in [6, 6.07) is 8.48. The molecule has 0 amide bonds. The maximum atomic E-state index is 13.4. The van der Waals surface area contributed by atoms with Crippen LogP contribution in [0.2, 0.25) is 4.34 Å². The molecule has 0 radical (unpaired) electrons. The Morgan fingerprint density at radius 2 is 2.12 bits per heavy atom. The van der Waals surface area contributed by atoms with Crippen molar-refractivity contribution in [2.75, 3.05) is 17.6 Å². The van der Waals surface area contributed by atoms with E-state index >= 15 is 0 Å². The summed E-state index contributed by atoms with van der Waals surface area (Å²) in [6.45, 7) is 0.664. The van der Waals surface area contributed by atoms with Gasteiger partial charge in [-0.2, -0.15) is 0 Å². The fourth-order valence-corrected chi connectivity index (χ4v) is 2.57. The molecule has 1 aromatic heterocycles. The summed E-state index contributed by atoms with van der Waals surface area (Å²) in [7, 11) is 0. The molecule has 1 heterocycles. The molecule has 2 nitrogen and oxygen atoms in total. The second-order valence-electron chi connectivity index (χ2n) is 3.62. The van der Waals surface area contributed by atoms with Gasteiger partial charge in [0.1, 0.15) is 5.82 Å². The van der Waals surface area contributed by atoms with Gasteiger partial charge < -0.3 is 11.1 Å². The molecule has 0 aliphatic rings. The van der Waals surface area contributed by atoms with Gasteiger partial charge in [0.15, 0.2) is 0 Å². The van der Waals surface area contributed by atoms with E-state index in [0.717, 1.165) is 10.8 Å². The van der Waals surface area contributed by atoms with Crippen molar-refractivity contribution in [2.24, 2.45) is 0 Å². The summed E-state index contributed by atoms with van der Waals surface area (Å²) in [4.78, 5) is 1.18. The molecule has 2 aromatic rings. The quantitative estimate of drug-likeness (QED) is 0.830. The number of nitrogens with one attached hydrogen (secondary N) is 1. The lowest BCUT2D eigenvalue weighted by Gasteiger charge is -2.07. The number of benzene rings is 1. The number of anilines is 2. The van der Waals surface area contributed by atoms with Crippen LogP contribution in [0.5, 0.6) is 0 Å². The Kier molecular flexibility index (Phi) is 3.86. The van der Waals surface area contributed by atoms with Gasteiger partial charge in [0.25, 0.3) is 0 Å². The number of nitrogen functional groups attached to an aromatic ring is 1. The number of hydrogen-bond donors (Lipinski definition) is 2. The van der Waals surface area contributed by atoms with E-state index in [1.807, 2.05) is 12.1 Å². The van der Waals surface area contributed by atoms with Crippen molar-refractivity contribution in [3.8, 4) is 0 Å². The Balaban J connectivity index is 1.90. The van der Waals surface area contributed by atoms with Crippen molar-refractivity contribution < 1.29 is 4.39 Å². The summed E-state index contributed by atoms with van der Waals surface area (Å²) < 4.78 is 14.2. The number of halogens is 2. The van der Waals surface area contributed by atoms with E-state index in [-0.39, 0.29) is 5.82 Å². The SMILES string of the molecule is Nc1ccc(NCCc2ccc(Cl)s2)c(F)c1. The van der Waals surface area contributed by atoms with Gasteiger partial charge in [-0.15, -0.1) is 11.3 Å². The molecule has 0 saturated carbocycles. The van der Waals surface area contributed by atoms with Gasteiger partial charge in [-0.25, -0.2) is 4.39 Å². The van der Waals surface area contributed by atoms with Crippen molar-refractivity contribution in [2.45, 2.75) is 6.42 Å². The van der Waals surface area contributed by atoms with Crippen molar-refractivity contribution in [1.82, 2.24) is 0 Å². The number of nitrogens with two attached hydrogens (primary N) is 1. The molecule has 0 saturated heterocycles. The monoisotopic (exact) mass is 270 g/mol. The van der Waals surface area contributed by atoms with Gasteiger partial charge in [-0.1, -0.05) is 11.6 Å². The lowest BCUT2D eigenvalue weighted by Crippen LogP contribution is -2.05. The molecule has 90 valence electrons. The zero-order valence-corrected chi connectivity index (χ0v) is 10.6. The minimum absolute atomic E-state index is 0.325. The average Bonchev–Trinajstić information content (AvgIpc) is 2.68. The minimum Gasteiger partial charge on any atom is -0.399 e. The Labute approximate surface area is 108 Å². The molecule has 5 heteroatoms. The first kappa shape index (κ1) is 12.2. The molecule has 0 spiro atoms. The van der Waals surface area contributed by atoms with Gasteiger partial charge in [0, 0.05) is 17.1 Å². The van der Waals surface area contributed by atoms with E-state index in [1.165, 1.54) is 10.9 Å². The highest BCUT2D eigenvalue weighted by atomic mass is 35.5. The van der Waals surface area contributed by atoms with Crippen molar-refractivity contribution in [3.63, 3.8) is 0 Å². The molecular weight excluding hydrogens is 259 g/mol. The van der Waals surface area contributed by atoms with Crippen LogP contribution >= 0.6 is 22.9 Å². The molecule has 0 atom stereocenters. The largest absolute Gasteiger partial charge is 0.399 e. The average molecular weight is 271 g/mol. The van der Waals surface area contributed by atoms with E-state index in [1.54, 1.807) is 23.5 Å². The van der Waals surface area contributed by atoms with E-state index in [2.05, 4.69) is 5.32 Å². The highest BCUT2D eigenvalue weighted by Crippen LogP contribution is 2.22. The summed E-state index contributed by atoms with van der Waals surface area (Å²) >= 11 is 7.36. The fraction of sp³-hybridized carbons (Fsp3) is 0.167. The molecular formula is C12H12ClFN2S. The summed E-state index contributed by atoms with van der Waals surface area (Å²) in [5.41, 5.74) is 6.37. The van der Waals surface area contributed by atoms with Crippen LogP contribution in [-0.2, 0) is 6.42 Å². The second kappa shape index (κ2) is 5.38. The summed E-state index contributed by atoms with van der Waals surface area (Å²) in [6.07, 6.45) is 0.821. The van der Waals surface area contributed by atoms with Crippen LogP contribution in [0.25, 0.3) is 0 Å². The Hall–Kier alpha value is -1.26. The van der Waals surface area contributed by atoms with Crippen LogP contribution in [0.1, 0.15) is 4.88 Å². The topological polar surface area (TPSA) is 38.0 Å². The Morgan fingerprint density at radius 3 is 2.76 bits per heavy atom. The zero-order chi connectivity index (χ0) is 12.3. The van der Waals surface area contributed by atoms with Crippen molar-refractivity contribution in [1.29, 1.82) is 0 Å². The predicted molar refractivity (Wildman–Crippen MR) is 72.3 cm³/mol. The van der Waals surface area contributed by atoms with Crippen LogP contribution in [-0.4, -0.2) is 6.54 Å². The maximum Gasteiger partial charge on any atom is 0.148 e.